The maximum absolute atomic E-state index is 12.8. The van der Waals surface area contributed by atoms with E-state index in [4.69, 9.17) is 4.42 Å². The molecular weight excluding hydrogens is 461 g/mol. The summed E-state index contributed by atoms with van der Waals surface area (Å²) in [5.41, 5.74) is -4.20. The molecule has 3 aromatic heterocycles. The van der Waals surface area contributed by atoms with Crippen LogP contribution in [0.25, 0.3) is 5.69 Å². The molecule has 0 saturated carbocycles. The first kappa shape index (κ1) is 22.3. The molecule has 2 N–H and O–H groups in total. The van der Waals surface area contributed by atoms with E-state index in [2.05, 4.69) is 10.3 Å². The molecular formula is C21H15F3N4O4S. The van der Waals surface area contributed by atoms with E-state index in [-0.39, 0.29) is 46.3 Å². The van der Waals surface area contributed by atoms with Gasteiger partial charge in [-0.3, -0.25) is 9.36 Å². The van der Waals surface area contributed by atoms with E-state index >= 15 is 0 Å². The van der Waals surface area contributed by atoms with E-state index in [0.717, 1.165) is 4.57 Å². The highest BCUT2D eigenvalue weighted by atomic mass is 32.2. The van der Waals surface area contributed by atoms with Crippen LogP contribution in [-0.4, -0.2) is 30.6 Å². The fourth-order valence-corrected chi connectivity index (χ4v) is 3.59. The molecule has 4 aromatic rings. The molecule has 0 bridgehead atoms. The van der Waals surface area contributed by atoms with E-state index < -0.39 is 17.1 Å². The van der Waals surface area contributed by atoms with Crippen molar-refractivity contribution in [2.75, 3.05) is 5.32 Å². The molecule has 0 radical (unpaired) electrons. The maximum Gasteiger partial charge on any atom is 0.446 e. The minimum absolute atomic E-state index is 0.0425. The summed E-state index contributed by atoms with van der Waals surface area (Å²) in [6.45, 7) is 0.0492. The number of carbonyl (C=O) groups excluding carboxylic acids is 1. The lowest BCUT2D eigenvalue weighted by Gasteiger charge is -2.07. The average molecular weight is 476 g/mol. The second kappa shape index (κ2) is 8.90. The Kier molecular flexibility index (Phi) is 6.01. The van der Waals surface area contributed by atoms with E-state index in [1.165, 1.54) is 53.6 Å². The highest BCUT2D eigenvalue weighted by Gasteiger charge is 2.29. The van der Waals surface area contributed by atoms with Crippen LogP contribution in [0.4, 0.5) is 19.0 Å². The van der Waals surface area contributed by atoms with Crippen molar-refractivity contribution in [3.05, 3.63) is 89.0 Å². The predicted octanol–water partition coefficient (Wildman–Crippen LogP) is 4.25. The van der Waals surface area contributed by atoms with E-state index in [0.29, 0.717) is 5.56 Å². The van der Waals surface area contributed by atoms with Crippen LogP contribution in [0.3, 0.4) is 0 Å². The van der Waals surface area contributed by atoms with Gasteiger partial charge in [0.25, 0.3) is 5.91 Å². The molecule has 1 aromatic carbocycles. The van der Waals surface area contributed by atoms with Gasteiger partial charge in [-0.25, -0.2) is 14.3 Å². The maximum atomic E-state index is 12.8. The van der Waals surface area contributed by atoms with Gasteiger partial charge < -0.3 is 14.8 Å². The Labute approximate surface area is 188 Å². The van der Waals surface area contributed by atoms with Crippen molar-refractivity contribution in [2.24, 2.45) is 0 Å². The molecule has 0 fully saturated rings. The third kappa shape index (κ3) is 5.29. The molecule has 0 aliphatic rings. The average Bonchev–Trinajstić information content (AvgIpc) is 3.37. The SMILES string of the molecule is O=C(Nc1cc(Cn2cc(O)n(-c3ccc(SC(F)(F)F)cc3)c2=O)ccn1)c1ccco1. The van der Waals surface area contributed by atoms with Gasteiger partial charge in [-0.15, -0.1) is 0 Å². The number of aromatic hydroxyl groups is 1. The van der Waals surface area contributed by atoms with Gasteiger partial charge in [0.2, 0.25) is 5.88 Å². The number of alkyl halides is 3. The van der Waals surface area contributed by atoms with Crippen LogP contribution in [0.5, 0.6) is 5.88 Å². The van der Waals surface area contributed by atoms with Crippen LogP contribution in [0.1, 0.15) is 16.1 Å². The molecule has 0 unspecified atom stereocenters. The largest absolute Gasteiger partial charge is 0.493 e. The number of thioether (sulfide) groups is 1. The minimum atomic E-state index is -4.43. The van der Waals surface area contributed by atoms with Gasteiger partial charge in [0, 0.05) is 11.1 Å². The van der Waals surface area contributed by atoms with Crippen molar-refractivity contribution in [2.45, 2.75) is 16.9 Å². The van der Waals surface area contributed by atoms with Gasteiger partial charge in [0.05, 0.1) is 24.7 Å². The van der Waals surface area contributed by atoms with Crippen molar-refractivity contribution >= 4 is 23.5 Å². The van der Waals surface area contributed by atoms with Crippen LogP contribution in [0.15, 0.2) is 81.3 Å². The van der Waals surface area contributed by atoms with Crippen molar-refractivity contribution in [1.82, 2.24) is 14.1 Å². The van der Waals surface area contributed by atoms with Crippen LogP contribution in [0, 0.1) is 0 Å². The first-order chi connectivity index (χ1) is 15.7. The monoisotopic (exact) mass is 476 g/mol. The number of hydrogen-bond acceptors (Lipinski definition) is 6. The Hall–Kier alpha value is -3.93. The number of amides is 1. The Balaban J connectivity index is 1.53. The quantitative estimate of drug-likeness (QED) is 0.404. The van der Waals surface area contributed by atoms with Crippen LogP contribution < -0.4 is 11.0 Å². The zero-order valence-electron chi connectivity index (χ0n) is 16.6. The number of anilines is 1. The zero-order valence-corrected chi connectivity index (χ0v) is 17.4. The van der Waals surface area contributed by atoms with Gasteiger partial charge in [-0.1, -0.05) is 0 Å². The Morgan fingerprint density at radius 3 is 2.61 bits per heavy atom. The number of imidazole rings is 1. The molecule has 0 aliphatic heterocycles. The van der Waals surface area contributed by atoms with Gasteiger partial charge in [0.1, 0.15) is 5.82 Å². The summed E-state index contributed by atoms with van der Waals surface area (Å²) < 4.78 is 44.7. The molecule has 0 spiro atoms. The number of aromatic nitrogens is 3. The number of nitrogens with one attached hydrogen (secondary N) is 1. The highest BCUT2D eigenvalue weighted by Crippen LogP contribution is 2.37. The second-order valence-corrected chi connectivity index (χ2v) is 7.89. The lowest BCUT2D eigenvalue weighted by Crippen LogP contribution is -2.23. The van der Waals surface area contributed by atoms with Crippen LogP contribution >= 0.6 is 11.8 Å². The third-order valence-corrected chi connectivity index (χ3v) is 5.17. The molecule has 12 heteroatoms. The van der Waals surface area contributed by atoms with E-state index in [1.54, 1.807) is 18.2 Å². The number of halogens is 3. The van der Waals surface area contributed by atoms with Crippen LogP contribution in [-0.2, 0) is 6.54 Å². The lowest BCUT2D eigenvalue weighted by molar-refractivity contribution is -0.0328. The topological polar surface area (TPSA) is 102 Å². The molecule has 0 aliphatic carbocycles. The molecule has 33 heavy (non-hydrogen) atoms. The lowest BCUT2D eigenvalue weighted by atomic mass is 10.2. The number of carbonyl (C=O) groups is 1. The van der Waals surface area contributed by atoms with Crippen molar-refractivity contribution in [3.8, 4) is 11.6 Å². The fraction of sp³-hybridized carbons (Fsp3) is 0.0952. The number of hydrogen-bond donors (Lipinski definition) is 2. The number of benzene rings is 1. The fourth-order valence-electron chi connectivity index (χ4n) is 3.06. The summed E-state index contributed by atoms with van der Waals surface area (Å²) in [6, 6.07) is 11.3. The van der Waals surface area contributed by atoms with E-state index in [1.807, 2.05) is 0 Å². The number of rotatable bonds is 6. The Bertz CT molecular complexity index is 1330. The van der Waals surface area contributed by atoms with Crippen LogP contribution in [0.2, 0.25) is 0 Å². The molecule has 170 valence electrons. The number of furan rings is 1. The summed E-state index contributed by atoms with van der Waals surface area (Å²) in [5.74, 6) is -0.516. The molecule has 0 saturated heterocycles. The first-order valence-electron chi connectivity index (χ1n) is 9.37. The van der Waals surface area contributed by atoms with Gasteiger partial charge in [-0.05, 0) is 65.9 Å². The third-order valence-electron chi connectivity index (χ3n) is 4.43. The molecule has 3 heterocycles. The molecule has 1 amide bonds. The standard InChI is InChI=1S/C21H15F3N4O4S/c22-21(23,24)33-15-5-3-14(4-6-15)28-18(29)12-27(20(28)31)11-13-7-8-25-17(10-13)26-19(30)16-2-1-9-32-16/h1-10,12,29H,11H2,(H,25,26,30). The van der Waals surface area contributed by atoms with E-state index in [9.17, 15) is 27.9 Å². The van der Waals surface area contributed by atoms with Crippen molar-refractivity contribution < 1.29 is 27.5 Å². The van der Waals surface area contributed by atoms with Crippen molar-refractivity contribution in [3.63, 3.8) is 0 Å². The summed E-state index contributed by atoms with van der Waals surface area (Å²) in [7, 11) is 0. The molecule has 0 atom stereocenters. The smallest absolute Gasteiger partial charge is 0.446 e. The summed E-state index contributed by atoms with van der Waals surface area (Å²) in [6.07, 6.45) is 4.03. The molecule has 8 nitrogen and oxygen atoms in total. The van der Waals surface area contributed by atoms with Gasteiger partial charge >= 0.3 is 11.2 Å². The predicted molar refractivity (Wildman–Crippen MR) is 114 cm³/mol. The van der Waals surface area contributed by atoms with Gasteiger partial charge in [-0.2, -0.15) is 13.2 Å². The first-order valence-corrected chi connectivity index (χ1v) is 10.2. The normalized spacial score (nSPS) is 11.5. The van der Waals surface area contributed by atoms with Gasteiger partial charge in [0.15, 0.2) is 5.76 Å². The Morgan fingerprint density at radius 1 is 1.18 bits per heavy atom. The summed E-state index contributed by atoms with van der Waals surface area (Å²) in [4.78, 5) is 28.9. The number of pyridine rings is 1. The zero-order chi connectivity index (χ0) is 23.6. The second-order valence-electron chi connectivity index (χ2n) is 6.76. The minimum Gasteiger partial charge on any atom is -0.493 e. The molecule has 4 rings (SSSR count). The number of nitrogens with zero attached hydrogens (tertiary/aromatic N) is 3. The van der Waals surface area contributed by atoms with Crippen molar-refractivity contribution in [1.29, 1.82) is 0 Å². The summed E-state index contributed by atoms with van der Waals surface area (Å²) >= 11 is -0.272. The Morgan fingerprint density at radius 2 is 1.94 bits per heavy atom. The summed E-state index contributed by atoms with van der Waals surface area (Å²) in [5, 5.41) is 12.8. The highest BCUT2D eigenvalue weighted by molar-refractivity contribution is 8.00.